The third kappa shape index (κ3) is 2.24. The highest BCUT2D eigenvalue weighted by Crippen LogP contribution is 2.41. The van der Waals surface area contributed by atoms with Gasteiger partial charge in [-0.05, 0) is 68.1 Å². The highest BCUT2D eigenvalue weighted by molar-refractivity contribution is 5.88. The van der Waals surface area contributed by atoms with Crippen molar-refractivity contribution in [1.82, 2.24) is 15.0 Å². The van der Waals surface area contributed by atoms with Crippen molar-refractivity contribution in [2.24, 2.45) is 0 Å². The Hall–Kier alpha value is -3.06. The Morgan fingerprint density at radius 2 is 1.96 bits per heavy atom. The quantitative estimate of drug-likeness (QED) is 0.534. The minimum absolute atomic E-state index is 0.246. The van der Waals surface area contributed by atoms with Crippen molar-refractivity contribution in [2.75, 3.05) is 0 Å². The van der Waals surface area contributed by atoms with Crippen LogP contribution in [0.3, 0.4) is 0 Å². The highest BCUT2D eigenvalue weighted by Gasteiger charge is 2.34. The number of nitriles is 1. The van der Waals surface area contributed by atoms with E-state index in [0.717, 1.165) is 23.3 Å². The summed E-state index contributed by atoms with van der Waals surface area (Å²) in [5.41, 5.74) is 7.23. The molecule has 4 aromatic rings. The molecule has 1 atom stereocenters. The molecular formula is C22H22N4. The zero-order valence-corrected chi connectivity index (χ0v) is 15.6. The van der Waals surface area contributed by atoms with Gasteiger partial charge in [0.25, 0.3) is 0 Å². The van der Waals surface area contributed by atoms with Crippen molar-refractivity contribution in [1.29, 1.82) is 5.26 Å². The fraction of sp³-hybridized carbons (Fsp3) is 0.273. The monoisotopic (exact) mass is 342 g/mol. The maximum Gasteiger partial charge on any atom is 0.117 e. The standard InChI is InChI=1S/C22H22N4/c1-5-22(4,19-13(2)10-14(3)20-16(19)8-9-24-20)21-25-17-7-6-15(12-23)11-18(17)26-21/h6-11,24H,5H2,1-4H3,(H,25,26). The summed E-state index contributed by atoms with van der Waals surface area (Å²) in [5, 5.41) is 10.4. The maximum absolute atomic E-state index is 9.16. The molecule has 0 bridgehead atoms. The summed E-state index contributed by atoms with van der Waals surface area (Å²) in [5.74, 6) is 0.944. The Labute approximate surface area is 152 Å². The van der Waals surface area contributed by atoms with E-state index in [2.05, 4.69) is 55.9 Å². The molecule has 26 heavy (non-hydrogen) atoms. The predicted octanol–water partition coefficient (Wildman–Crippen LogP) is 5.25. The molecule has 0 aliphatic rings. The van der Waals surface area contributed by atoms with Crippen LogP contribution in [0.2, 0.25) is 0 Å². The first kappa shape index (κ1) is 16.4. The van der Waals surface area contributed by atoms with E-state index in [4.69, 9.17) is 10.2 Å². The molecule has 0 spiro atoms. The van der Waals surface area contributed by atoms with Gasteiger partial charge in [0.1, 0.15) is 5.82 Å². The summed E-state index contributed by atoms with van der Waals surface area (Å²) in [6.07, 6.45) is 2.93. The van der Waals surface area contributed by atoms with Crippen LogP contribution in [-0.2, 0) is 5.41 Å². The number of aryl methyl sites for hydroxylation is 2. The first-order chi connectivity index (χ1) is 12.5. The van der Waals surface area contributed by atoms with Gasteiger partial charge < -0.3 is 9.97 Å². The van der Waals surface area contributed by atoms with Crippen LogP contribution in [0.15, 0.2) is 36.5 Å². The van der Waals surface area contributed by atoms with E-state index in [1.807, 2.05) is 24.4 Å². The maximum atomic E-state index is 9.16. The summed E-state index contributed by atoms with van der Waals surface area (Å²) >= 11 is 0. The fourth-order valence-corrected chi connectivity index (χ4v) is 4.12. The number of hydrogen-bond acceptors (Lipinski definition) is 2. The Kier molecular flexibility index (Phi) is 3.62. The summed E-state index contributed by atoms with van der Waals surface area (Å²) in [7, 11) is 0. The number of fused-ring (bicyclic) bond motifs is 2. The Balaban J connectivity index is 1.99. The minimum Gasteiger partial charge on any atom is -0.361 e. The van der Waals surface area contributed by atoms with Gasteiger partial charge in [-0.25, -0.2) is 4.98 Å². The molecule has 130 valence electrons. The lowest BCUT2D eigenvalue weighted by Gasteiger charge is -2.30. The molecule has 2 N–H and O–H groups in total. The second-order valence-corrected chi connectivity index (χ2v) is 7.27. The van der Waals surface area contributed by atoms with E-state index < -0.39 is 0 Å². The van der Waals surface area contributed by atoms with E-state index in [1.54, 1.807) is 0 Å². The predicted molar refractivity (Wildman–Crippen MR) is 105 cm³/mol. The lowest BCUT2D eigenvalue weighted by molar-refractivity contribution is 0.522. The van der Waals surface area contributed by atoms with E-state index in [1.165, 1.54) is 27.6 Å². The van der Waals surface area contributed by atoms with Crippen molar-refractivity contribution in [3.8, 4) is 6.07 Å². The van der Waals surface area contributed by atoms with Crippen LogP contribution in [0.25, 0.3) is 21.9 Å². The molecule has 0 amide bonds. The Morgan fingerprint density at radius 3 is 2.69 bits per heavy atom. The number of rotatable bonds is 3. The average molecular weight is 342 g/mol. The largest absolute Gasteiger partial charge is 0.361 e. The van der Waals surface area contributed by atoms with Gasteiger partial charge in [0.2, 0.25) is 0 Å². The van der Waals surface area contributed by atoms with E-state index in [9.17, 15) is 0 Å². The molecule has 4 heteroatoms. The summed E-state index contributed by atoms with van der Waals surface area (Å²) < 4.78 is 0. The van der Waals surface area contributed by atoms with Gasteiger partial charge in [-0.3, -0.25) is 0 Å². The molecule has 0 saturated carbocycles. The number of benzene rings is 2. The van der Waals surface area contributed by atoms with Gasteiger partial charge in [-0.2, -0.15) is 5.26 Å². The minimum atomic E-state index is -0.246. The molecule has 0 aliphatic carbocycles. The second-order valence-electron chi connectivity index (χ2n) is 7.27. The number of imidazole rings is 1. The van der Waals surface area contributed by atoms with Crippen LogP contribution >= 0.6 is 0 Å². The molecule has 0 aliphatic heterocycles. The Morgan fingerprint density at radius 1 is 1.15 bits per heavy atom. The Bertz CT molecular complexity index is 1170. The van der Waals surface area contributed by atoms with Gasteiger partial charge >= 0.3 is 0 Å². The third-order valence-corrected chi connectivity index (χ3v) is 5.63. The smallest absolute Gasteiger partial charge is 0.117 e. The van der Waals surface area contributed by atoms with Crippen molar-refractivity contribution in [3.05, 3.63) is 64.6 Å². The molecule has 1 unspecified atom stereocenters. The second kappa shape index (κ2) is 5.74. The van der Waals surface area contributed by atoms with Crippen LogP contribution in [0.1, 0.15) is 48.3 Å². The van der Waals surface area contributed by atoms with Crippen LogP contribution in [-0.4, -0.2) is 15.0 Å². The number of aromatic amines is 2. The molecule has 4 nitrogen and oxygen atoms in total. The number of hydrogen-bond donors (Lipinski definition) is 2. The number of nitrogens with zero attached hydrogens (tertiary/aromatic N) is 2. The average Bonchev–Trinajstić information content (AvgIpc) is 3.27. The molecule has 2 aromatic carbocycles. The topological polar surface area (TPSA) is 68.3 Å². The van der Waals surface area contributed by atoms with Gasteiger partial charge in [0.05, 0.1) is 28.1 Å². The first-order valence-corrected chi connectivity index (χ1v) is 8.96. The van der Waals surface area contributed by atoms with Gasteiger partial charge in [0.15, 0.2) is 0 Å². The van der Waals surface area contributed by atoms with Crippen LogP contribution in [0, 0.1) is 25.2 Å². The lowest BCUT2D eigenvalue weighted by atomic mass is 9.75. The zero-order valence-electron chi connectivity index (χ0n) is 15.6. The van der Waals surface area contributed by atoms with Crippen LogP contribution in [0.5, 0.6) is 0 Å². The summed E-state index contributed by atoms with van der Waals surface area (Å²) in [6.45, 7) is 8.77. The highest BCUT2D eigenvalue weighted by atomic mass is 14.9. The molecular weight excluding hydrogens is 320 g/mol. The SMILES string of the molecule is CCC(C)(c1nc2ccc(C#N)cc2[nH]1)c1c(C)cc(C)c2[nH]ccc12. The van der Waals surface area contributed by atoms with Crippen molar-refractivity contribution < 1.29 is 0 Å². The lowest BCUT2D eigenvalue weighted by Crippen LogP contribution is -2.26. The number of H-pyrrole nitrogens is 2. The molecule has 0 saturated heterocycles. The van der Waals surface area contributed by atoms with Gasteiger partial charge in [-0.15, -0.1) is 0 Å². The van der Waals surface area contributed by atoms with Crippen molar-refractivity contribution >= 4 is 21.9 Å². The molecule has 0 fully saturated rings. The summed E-state index contributed by atoms with van der Waals surface area (Å²) in [4.78, 5) is 11.8. The van der Waals surface area contributed by atoms with E-state index in [0.29, 0.717) is 5.56 Å². The number of aromatic nitrogens is 3. The summed E-state index contributed by atoms with van der Waals surface area (Å²) in [6, 6.07) is 12.2. The molecule has 2 heterocycles. The van der Waals surface area contributed by atoms with Gasteiger partial charge in [0, 0.05) is 17.1 Å². The fourth-order valence-electron chi connectivity index (χ4n) is 4.12. The van der Waals surface area contributed by atoms with Crippen LogP contribution in [0.4, 0.5) is 0 Å². The van der Waals surface area contributed by atoms with E-state index in [-0.39, 0.29) is 5.41 Å². The normalized spacial score (nSPS) is 13.8. The van der Waals surface area contributed by atoms with Crippen LogP contribution < -0.4 is 0 Å². The van der Waals surface area contributed by atoms with E-state index >= 15 is 0 Å². The molecule has 0 radical (unpaired) electrons. The zero-order chi connectivity index (χ0) is 18.5. The third-order valence-electron chi connectivity index (χ3n) is 5.63. The molecule has 4 rings (SSSR count). The van der Waals surface area contributed by atoms with Crippen molar-refractivity contribution in [2.45, 2.75) is 39.5 Å². The van der Waals surface area contributed by atoms with Crippen molar-refractivity contribution in [3.63, 3.8) is 0 Å². The number of nitrogens with one attached hydrogen (secondary N) is 2. The molecule has 2 aromatic heterocycles. The van der Waals surface area contributed by atoms with Gasteiger partial charge in [-0.1, -0.05) is 13.0 Å². The first-order valence-electron chi connectivity index (χ1n) is 8.96.